The van der Waals surface area contributed by atoms with E-state index in [1.807, 2.05) is 35.7 Å². The van der Waals surface area contributed by atoms with Crippen LogP contribution in [-0.4, -0.2) is 45.0 Å². The summed E-state index contributed by atoms with van der Waals surface area (Å²) < 4.78 is 1.82. The highest BCUT2D eigenvalue weighted by Gasteiger charge is 2.11. The third-order valence-corrected chi connectivity index (χ3v) is 3.36. The second-order valence-electron chi connectivity index (χ2n) is 4.60. The van der Waals surface area contributed by atoms with Gasteiger partial charge in [-0.2, -0.15) is 0 Å². The Bertz CT molecular complexity index is 645. The molecule has 0 atom stereocenters. The van der Waals surface area contributed by atoms with Gasteiger partial charge in [-0.15, -0.1) is 0 Å². The number of aromatic nitrogens is 2. The lowest BCUT2D eigenvalue weighted by Gasteiger charge is -2.18. The Morgan fingerprint density at radius 1 is 1.48 bits per heavy atom. The summed E-state index contributed by atoms with van der Waals surface area (Å²) in [6.07, 6.45) is 5.81. The summed E-state index contributed by atoms with van der Waals surface area (Å²) >= 11 is 6.10. The average molecular weight is 308 g/mol. The van der Waals surface area contributed by atoms with Gasteiger partial charge in [-0.3, -0.25) is 9.20 Å². The molecule has 5 nitrogen and oxygen atoms in total. The van der Waals surface area contributed by atoms with Gasteiger partial charge in [-0.25, -0.2) is 4.98 Å². The fraction of sp³-hybridized carbons (Fsp3) is 0.333. The van der Waals surface area contributed by atoms with E-state index in [1.54, 1.807) is 11.0 Å². The molecule has 0 aromatic carbocycles. The maximum Gasteiger partial charge on any atom is 0.246 e. The summed E-state index contributed by atoms with van der Waals surface area (Å²) in [6, 6.07) is 5.60. The summed E-state index contributed by atoms with van der Waals surface area (Å²) in [5, 5.41) is 9.35. The first kappa shape index (κ1) is 15.5. The lowest BCUT2D eigenvalue weighted by molar-refractivity contribution is -0.126. The van der Waals surface area contributed by atoms with E-state index in [0.29, 0.717) is 23.9 Å². The van der Waals surface area contributed by atoms with Gasteiger partial charge < -0.3 is 10.0 Å². The number of hydrogen-bond acceptors (Lipinski definition) is 3. The van der Waals surface area contributed by atoms with E-state index in [-0.39, 0.29) is 12.5 Å². The smallest absolute Gasteiger partial charge is 0.246 e. The van der Waals surface area contributed by atoms with Crippen molar-refractivity contribution < 1.29 is 9.90 Å². The van der Waals surface area contributed by atoms with E-state index < -0.39 is 0 Å². The molecule has 2 aromatic rings. The number of imidazole rings is 1. The fourth-order valence-electron chi connectivity index (χ4n) is 2.11. The van der Waals surface area contributed by atoms with Gasteiger partial charge in [0.05, 0.1) is 12.3 Å². The second-order valence-corrected chi connectivity index (χ2v) is 4.96. The number of amides is 1. The van der Waals surface area contributed by atoms with Crippen LogP contribution in [0.3, 0.4) is 0 Å². The zero-order valence-corrected chi connectivity index (χ0v) is 12.6. The van der Waals surface area contributed by atoms with Crippen LogP contribution in [0.1, 0.15) is 19.0 Å². The molecule has 1 amide bonds. The molecule has 0 spiro atoms. The molecule has 0 unspecified atom stereocenters. The Balaban J connectivity index is 2.22. The van der Waals surface area contributed by atoms with Gasteiger partial charge in [-0.1, -0.05) is 24.6 Å². The molecule has 0 saturated carbocycles. The molecule has 2 heterocycles. The Hall–Kier alpha value is -1.85. The van der Waals surface area contributed by atoms with Crippen LogP contribution in [0.15, 0.2) is 30.5 Å². The van der Waals surface area contributed by atoms with Crippen molar-refractivity contribution in [2.24, 2.45) is 0 Å². The number of carbonyl (C=O) groups is 1. The second kappa shape index (κ2) is 7.24. The van der Waals surface area contributed by atoms with E-state index >= 15 is 0 Å². The SMILES string of the molecule is CCCN(CCO)C(=O)/C=C/c1c(Cl)nc2ccccn12. The van der Waals surface area contributed by atoms with Crippen LogP contribution in [0.4, 0.5) is 0 Å². The standard InChI is InChI=1S/C15H18ClN3O2/c1-2-8-18(10-11-20)14(21)7-6-12-15(16)17-13-5-3-4-9-19(12)13/h3-7,9,20H,2,8,10-11H2,1H3/b7-6+. The first-order chi connectivity index (χ1) is 10.2. The molecule has 0 aliphatic rings. The molecule has 112 valence electrons. The lowest BCUT2D eigenvalue weighted by atomic mass is 10.3. The molecule has 1 N–H and O–H groups in total. The van der Waals surface area contributed by atoms with Crippen molar-refractivity contribution >= 4 is 29.2 Å². The van der Waals surface area contributed by atoms with Crippen molar-refractivity contribution in [2.75, 3.05) is 19.7 Å². The lowest BCUT2D eigenvalue weighted by Crippen LogP contribution is -2.32. The largest absolute Gasteiger partial charge is 0.395 e. The predicted molar refractivity (Wildman–Crippen MR) is 83.2 cm³/mol. The number of pyridine rings is 1. The monoisotopic (exact) mass is 307 g/mol. The molecule has 0 aliphatic heterocycles. The average Bonchev–Trinajstić information content (AvgIpc) is 2.80. The summed E-state index contributed by atoms with van der Waals surface area (Å²) in [4.78, 5) is 17.9. The zero-order valence-electron chi connectivity index (χ0n) is 11.9. The van der Waals surface area contributed by atoms with Gasteiger partial charge in [-0.05, 0) is 24.6 Å². The molecule has 0 radical (unpaired) electrons. The number of aliphatic hydroxyl groups is 1. The van der Waals surface area contributed by atoms with Gasteiger partial charge in [0, 0.05) is 25.4 Å². The number of fused-ring (bicyclic) bond motifs is 1. The van der Waals surface area contributed by atoms with Gasteiger partial charge in [0.1, 0.15) is 5.65 Å². The molecular weight excluding hydrogens is 290 g/mol. The topological polar surface area (TPSA) is 57.8 Å². The summed E-state index contributed by atoms with van der Waals surface area (Å²) in [7, 11) is 0. The van der Waals surface area contributed by atoms with E-state index in [0.717, 1.165) is 12.1 Å². The third-order valence-electron chi connectivity index (χ3n) is 3.08. The van der Waals surface area contributed by atoms with Crippen molar-refractivity contribution in [3.8, 4) is 0 Å². The highest BCUT2D eigenvalue weighted by Crippen LogP contribution is 2.18. The summed E-state index contributed by atoms with van der Waals surface area (Å²) in [5.74, 6) is -0.146. The normalized spacial score (nSPS) is 11.4. The van der Waals surface area contributed by atoms with E-state index in [4.69, 9.17) is 16.7 Å². The molecule has 21 heavy (non-hydrogen) atoms. The Morgan fingerprint density at radius 2 is 2.29 bits per heavy atom. The van der Waals surface area contributed by atoms with E-state index in [1.165, 1.54) is 6.08 Å². The molecule has 0 bridgehead atoms. The highest BCUT2D eigenvalue weighted by molar-refractivity contribution is 6.31. The molecule has 2 aromatic heterocycles. The number of nitrogens with zero attached hydrogens (tertiary/aromatic N) is 3. The van der Waals surface area contributed by atoms with Crippen LogP contribution in [0.2, 0.25) is 5.15 Å². The molecular formula is C15H18ClN3O2. The maximum atomic E-state index is 12.1. The Kier molecular flexibility index (Phi) is 5.36. The first-order valence-electron chi connectivity index (χ1n) is 6.87. The highest BCUT2D eigenvalue weighted by atomic mass is 35.5. The van der Waals surface area contributed by atoms with Crippen LogP contribution in [0, 0.1) is 0 Å². The third kappa shape index (κ3) is 3.62. The van der Waals surface area contributed by atoms with Crippen molar-refractivity contribution in [2.45, 2.75) is 13.3 Å². The molecule has 6 heteroatoms. The molecule has 0 saturated heterocycles. The van der Waals surface area contributed by atoms with Crippen LogP contribution >= 0.6 is 11.6 Å². The number of rotatable bonds is 6. The van der Waals surface area contributed by atoms with Crippen molar-refractivity contribution in [1.29, 1.82) is 0 Å². The van der Waals surface area contributed by atoms with E-state index in [9.17, 15) is 4.79 Å². The van der Waals surface area contributed by atoms with Gasteiger partial charge >= 0.3 is 0 Å². The van der Waals surface area contributed by atoms with Crippen LogP contribution in [0.5, 0.6) is 0 Å². The van der Waals surface area contributed by atoms with Crippen LogP contribution in [-0.2, 0) is 4.79 Å². The Labute approximate surface area is 128 Å². The molecule has 0 aliphatic carbocycles. The molecule has 2 rings (SSSR count). The summed E-state index contributed by atoms with van der Waals surface area (Å²) in [6.45, 7) is 2.89. The van der Waals surface area contributed by atoms with Gasteiger partial charge in [0.25, 0.3) is 0 Å². The predicted octanol–water partition coefficient (Wildman–Crippen LogP) is 2.23. The molecule has 0 fully saturated rings. The van der Waals surface area contributed by atoms with Crippen LogP contribution < -0.4 is 0 Å². The number of halogens is 1. The zero-order chi connectivity index (χ0) is 15.2. The quantitative estimate of drug-likeness (QED) is 0.833. The van der Waals surface area contributed by atoms with Crippen molar-refractivity contribution in [1.82, 2.24) is 14.3 Å². The number of aliphatic hydroxyl groups excluding tert-OH is 1. The number of carbonyl (C=O) groups excluding carboxylic acids is 1. The maximum absolute atomic E-state index is 12.1. The minimum atomic E-state index is -0.146. The summed E-state index contributed by atoms with van der Waals surface area (Å²) in [5.41, 5.74) is 1.40. The van der Waals surface area contributed by atoms with Crippen molar-refractivity contribution in [3.63, 3.8) is 0 Å². The van der Waals surface area contributed by atoms with Crippen LogP contribution in [0.25, 0.3) is 11.7 Å². The number of hydrogen-bond donors (Lipinski definition) is 1. The van der Waals surface area contributed by atoms with Gasteiger partial charge in [0.2, 0.25) is 5.91 Å². The first-order valence-corrected chi connectivity index (χ1v) is 7.25. The minimum absolute atomic E-state index is 0.0457. The Morgan fingerprint density at radius 3 is 3.00 bits per heavy atom. The van der Waals surface area contributed by atoms with Gasteiger partial charge in [0.15, 0.2) is 5.15 Å². The fourth-order valence-corrected chi connectivity index (χ4v) is 2.35. The minimum Gasteiger partial charge on any atom is -0.395 e. The van der Waals surface area contributed by atoms with Crippen molar-refractivity contribution in [3.05, 3.63) is 41.3 Å². The van der Waals surface area contributed by atoms with E-state index in [2.05, 4.69) is 4.98 Å².